The lowest BCUT2D eigenvalue weighted by atomic mass is 9.98. The lowest BCUT2D eigenvalue weighted by molar-refractivity contribution is -0.136. The van der Waals surface area contributed by atoms with E-state index < -0.39 is 5.92 Å². The Morgan fingerprint density at radius 2 is 1.54 bits per heavy atom. The molecule has 3 aromatic heterocycles. The number of imide groups is 1. The molecule has 2 atom stereocenters. The number of hydrogen-bond donors (Lipinski definition) is 1. The molecule has 1 N–H and O–H groups in total. The molecule has 0 radical (unpaired) electrons. The number of aromatic nitrogens is 6. The van der Waals surface area contributed by atoms with E-state index >= 15 is 0 Å². The maximum absolute atomic E-state index is 13.4. The Morgan fingerprint density at radius 1 is 0.792 bits per heavy atom. The second kappa shape index (κ2) is 20.8. The topological polar surface area (TPSA) is 205 Å². The van der Waals surface area contributed by atoms with E-state index in [0.717, 1.165) is 84.6 Å². The van der Waals surface area contributed by atoms with Gasteiger partial charge in [0, 0.05) is 80.0 Å². The molecule has 18 nitrogen and oxygen atoms in total. The number of fused-ring (bicyclic) bond motifs is 1. The summed E-state index contributed by atoms with van der Waals surface area (Å²) in [6.07, 6.45) is 8.42. The zero-order valence-corrected chi connectivity index (χ0v) is 39.8. The molecule has 72 heavy (non-hydrogen) atoms. The SMILES string of the molecule is CC(=O)N(c1ccc(N2CCN(c3ccc4c(=O)n(CC5CCC(=O)NC5=O)ncc4c3)CC2)cc1)N1CCCCC1COc1cnc(-c2cccc(Cn3nc(-c4cccc(C#N)c4)ccc3=O)c2)nc1. The number of piperazine rings is 1. The maximum Gasteiger partial charge on any atom is 0.274 e. The predicted molar refractivity (Wildman–Crippen MR) is 271 cm³/mol. The Labute approximate surface area is 414 Å². The van der Waals surface area contributed by atoms with Gasteiger partial charge in [-0.1, -0.05) is 36.8 Å². The molecule has 3 amide bonds. The highest BCUT2D eigenvalue weighted by molar-refractivity contribution is 5.98. The highest BCUT2D eigenvalue weighted by Gasteiger charge is 2.32. The van der Waals surface area contributed by atoms with Crippen LogP contribution in [0.3, 0.4) is 0 Å². The Kier molecular flexibility index (Phi) is 13.6. The fourth-order valence-corrected chi connectivity index (χ4v) is 9.76. The van der Waals surface area contributed by atoms with E-state index in [1.54, 1.807) is 54.8 Å². The summed E-state index contributed by atoms with van der Waals surface area (Å²) in [4.78, 5) is 77.3. The minimum atomic E-state index is -0.481. The van der Waals surface area contributed by atoms with Gasteiger partial charge in [-0.3, -0.25) is 29.3 Å². The van der Waals surface area contributed by atoms with Crippen molar-refractivity contribution in [1.29, 1.82) is 5.26 Å². The van der Waals surface area contributed by atoms with Crippen LogP contribution >= 0.6 is 0 Å². The smallest absolute Gasteiger partial charge is 0.274 e. The van der Waals surface area contributed by atoms with Gasteiger partial charge in [-0.05, 0) is 91.6 Å². The largest absolute Gasteiger partial charge is 0.489 e. The Bertz CT molecular complexity index is 3330. The monoisotopic (exact) mass is 964 g/mol. The minimum absolute atomic E-state index is 0.0673. The molecular formula is C54H52N12O6. The normalized spacial score (nSPS) is 17.3. The molecule has 3 fully saturated rings. The molecule has 364 valence electrons. The Hall–Kier alpha value is -8.56. The Morgan fingerprint density at radius 3 is 2.31 bits per heavy atom. The average molecular weight is 965 g/mol. The summed E-state index contributed by atoms with van der Waals surface area (Å²) in [6, 6.07) is 33.9. The number of nitriles is 1. The molecule has 3 saturated heterocycles. The van der Waals surface area contributed by atoms with Gasteiger partial charge in [0.1, 0.15) is 6.61 Å². The molecule has 6 heterocycles. The first kappa shape index (κ1) is 47.1. The van der Waals surface area contributed by atoms with E-state index in [-0.39, 0.29) is 54.4 Å². The van der Waals surface area contributed by atoms with E-state index in [4.69, 9.17) is 4.74 Å². The number of piperidine rings is 2. The van der Waals surface area contributed by atoms with Crippen molar-refractivity contribution in [3.63, 3.8) is 0 Å². The van der Waals surface area contributed by atoms with E-state index in [2.05, 4.69) is 58.5 Å². The number of nitrogens with one attached hydrogen (secondary N) is 1. The van der Waals surface area contributed by atoms with Crippen LogP contribution in [0.1, 0.15) is 50.2 Å². The number of nitrogens with zero attached hydrogens (tertiary/aromatic N) is 11. The molecule has 7 aromatic rings. The summed E-state index contributed by atoms with van der Waals surface area (Å²) < 4.78 is 9.01. The molecule has 0 bridgehead atoms. The van der Waals surface area contributed by atoms with Crippen LogP contribution < -0.4 is 36.0 Å². The zero-order valence-electron chi connectivity index (χ0n) is 39.8. The third-order valence-corrected chi connectivity index (χ3v) is 13.6. The van der Waals surface area contributed by atoms with Gasteiger partial charge in [0.15, 0.2) is 11.6 Å². The zero-order chi connectivity index (χ0) is 49.7. The number of anilines is 3. The molecule has 0 spiro atoms. The fourth-order valence-electron chi connectivity index (χ4n) is 9.76. The summed E-state index contributed by atoms with van der Waals surface area (Å²) in [5.74, 6) is -0.213. The van der Waals surface area contributed by atoms with Gasteiger partial charge in [0.25, 0.3) is 11.1 Å². The van der Waals surface area contributed by atoms with Crippen molar-refractivity contribution in [1.82, 2.24) is 39.9 Å². The summed E-state index contributed by atoms with van der Waals surface area (Å²) >= 11 is 0. The van der Waals surface area contributed by atoms with Crippen LogP contribution in [0.15, 0.2) is 131 Å². The molecule has 3 aliphatic heterocycles. The predicted octanol–water partition coefficient (Wildman–Crippen LogP) is 5.58. The summed E-state index contributed by atoms with van der Waals surface area (Å²) in [7, 11) is 0. The average Bonchev–Trinajstić information content (AvgIpc) is 3.41. The van der Waals surface area contributed by atoms with Crippen LogP contribution in [-0.4, -0.2) is 97.6 Å². The summed E-state index contributed by atoms with van der Waals surface area (Å²) in [6.45, 7) is 6.07. The molecule has 0 saturated carbocycles. The number of amides is 3. The van der Waals surface area contributed by atoms with Crippen LogP contribution in [0.2, 0.25) is 0 Å². The van der Waals surface area contributed by atoms with Gasteiger partial charge >= 0.3 is 0 Å². The van der Waals surface area contributed by atoms with Crippen molar-refractivity contribution < 1.29 is 19.1 Å². The van der Waals surface area contributed by atoms with Gasteiger partial charge in [-0.25, -0.2) is 29.3 Å². The molecular weight excluding hydrogens is 913 g/mol. The third-order valence-electron chi connectivity index (χ3n) is 13.6. The number of ether oxygens (including phenoxy) is 1. The van der Waals surface area contributed by atoms with Crippen molar-refractivity contribution >= 4 is 45.6 Å². The lowest BCUT2D eigenvalue weighted by Crippen LogP contribution is -2.55. The first-order valence-corrected chi connectivity index (χ1v) is 24.2. The first-order chi connectivity index (χ1) is 35.1. The fraction of sp³-hybridized carbons (Fsp3) is 0.296. The number of rotatable bonds is 13. The number of benzene rings is 4. The van der Waals surface area contributed by atoms with Crippen LogP contribution in [-0.2, 0) is 27.5 Å². The van der Waals surface area contributed by atoms with Crippen molar-refractivity contribution in [2.45, 2.75) is 58.2 Å². The highest BCUT2D eigenvalue weighted by Crippen LogP contribution is 2.30. The molecule has 10 rings (SSSR count). The first-order valence-electron chi connectivity index (χ1n) is 24.2. The maximum atomic E-state index is 13.4. The highest BCUT2D eigenvalue weighted by atomic mass is 16.5. The van der Waals surface area contributed by atoms with Gasteiger partial charge in [-0.2, -0.15) is 15.5 Å². The van der Waals surface area contributed by atoms with Crippen molar-refractivity contribution in [2.24, 2.45) is 5.92 Å². The van der Waals surface area contributed by atoms with Crippen molar-refractivity contribution in [3.05, 3.63) is 154 Å². The quantitative estimate of drug-likeness (QED) is 0.140. The second-order valence-corrected chi connectivity index (χ2v) is 18.3. The molecule has 2 unspecified atom stereocenters. The molecule has 3 aliphatic rings. The van der Waals surface area contributed by atoms with Gasteiger partial charge in [-0.15, -0.1) is 0 Å². The van der Waals surface area contributed by atoms with Crippen molar-refractivity contribution in [2.75, 3.05) is 54.1 Å². The number of hydrazine groups is 1. The van der Waals surface area contributed by atoms with Gasteiger partial charge in [0.05, 0.1) is 72.0 Å². The van der Waals surface area contributed by atoms with E-state index in [1.165, 1.54) is 15.4 Å². The van der Waals surface area contributed by atoms with Crippen LogP contribution in [0.25, 0.3) is 33.4 Å². The summed E-state index contributed by atoms with van der Waals surface area (Å²) in [5, 5.41) is 25.8. The van der Waals surface area contributed by atoms with Crippen molar-refractivity contribution in [3.8, 4) is 34.5 Å². The lowest BCUT2D eigenvalue weighted by Gasteiger charge is -2.42. The van der Waals surface area contributed by atoms with Gasteiger partial charge < -0.3 is 14.5 Å². The summed E-state index contributed by atoms with van der Waals surface area (Å²) in [5.41, 5.74) is 5.80. The molecule has 4 aromatic carbocycles. The standard InChI is InChI=1S/C54H52N12O6/c1-36(67)66(44-14-12-43(13-15-44)61-22-24-62(25-23-61)45-16-17-48-42(28-45)30-58-64(54(48)71)34-41-11-19-50(68)59-53(41)70)65-21-3-2-10-46(65)35-72-47-31-56-52(57-32-47)40-9-5-7-38(27-40)33-63-51(69)20-18-49(60-63)39-8-4-6-37(26-39)29-55/h4-9,12-18,20,26-28,30-32,41,46H,2-3,10-11,19,21-25,33-35H2,1H3,(H,59,68,70). The number of carbonyl (C=O) groups excluding carboxylic acids is 3. The number of hydrogen-bond acceptors (Lipinski definition) is 14. The number of carbonyl (C=O) groups is 3. The minimum Gasteiger partial charge on any atom is -0.489 e. The van der Waals surface area contributed by atoms with Crippen LogP contribution in [0.5, 0.6) is 5.75 Å². The third kappa shape index (κ3) is 10.3. The van der Waals surface area contributed by atoms with E-state index in [0.29, 0.717) is 47.8 Å². The van der Waals surface area contributed by atoms with E-state index in [1.807, 2.05) is 60.7 Å². The van der Waals surface area contributed by atoms with Crippen LogP contribution in [0, 0.1) is 17.2 Å². The van der Waals surface area contributed by atoms with E-state index in [9.17, 15) is 29.2 Å². The van der Waals surface area contributed by atoms with Crippen LogP contribution in [0.4, 0.5) is 17.1 Å². The molecule has 18 heteroatoms. The second-order valence-electron chi connectivity index (χ2n) is 18.3. The molecule has 0 aliphatic carbocycles. The Balaban J connectivity index is 0.743. The van der Waals surface area contributed by atoms with Gasteiger partial charge in [0.2, 0.25) is 17.7 Å².